The van der Waals surface area contributed by atoms with E-state index in [-0.39, 0.29) is 33.3 Å². The maximum absolute atomic E-state index is 13.9. The number of rotatable bonds is 5. The number of nitrogens with zero attached hydrogens (tertiary/aromatic N) is 5. The number of carbonyl (C=O) groups is 1. The van der Waals surface area contributed by atoms with Gasteiger partial charge in [-0.15, -0.1) is 0 Å². The van der Waals surface area contributed by atoms with E-state index in [0.29, 0.717) is 37.2 Å². The van der Waals surface area contributed by atoms with Crippen LogP contribution in [0, 0.1) is 5.82 Å². The van der Waals surface area contributed by atoms with Crippen molar-refractivity contribution in [3.05, 3.63) is 52.1 Å². The fourth-order valence-corrected chi connectivity index (χ4v) is 4.42. The summed E-state index contributed by atoms with van der Waals surface area (Å²) in [5, 5.41) is 13.6. The molecule has 1 saturated heterocycles. The van der Waals surface area contributed by atoms with Gasteiger partial charge in [-0.05, 0) is 31.9 Å². The van der Waals surface area contributed by atoms with Crippen molar-refractivity contribution in [3.8, 4) is 17.1 Å². The third-order valence-corrected chi connectivity index (χ3v) is 6.26. The second-order valence-corrected chi connectivity index (χ2v) is 8.46. The minimum Gasteiger partial charge on any atom is -0.467 e. The molecule has 2 aromatic heterocycles. The zero-order chi connectivity index (χ0) is 23.7. The van der Waals surface area contributed by atoms with Gasteiger partial charge in [-0.1, -0.05) is 23.2 Å². The lowest BCUT2D eigenvalue weighted by Gasteiger charge is -2.30. The molecule has 33 heavy (non-hydrogen) atoms. The summed E-state index contributed by atoms with van der Waals surface area (Å²) in [6.45, 7) is 2.57. The van der Waals surface area contributed by atoms with Gasteiger partial charge in [0.15, 0.2) is 5.82 Å². The molecule has 1 amide bonds. The summed E-state index contributed by atoms with van der Waals surface area (Å²) in [6, 6.07) is 2.67. The molecular weight excluding hydrogens is 474 g/mol. The monoisotopic (exact) mass is 494 g/mol. The van der Waals surface area contributed by atoms with Crippen molar-refractivity contribution in [3.63, 3.8) is 0 Å². The molecule has 3 aromatic rings. The number of anilines is 1. The highest BCUT2D eigenvalue weighted by Gasteiger charge is 2.25. The predicted octanol–water partition coefficient (Wildman–Crippen LogP) is 4.82. The molecule has 0 saturated carbocycles. The van der Waals surface area contributed by atoms with Crippen LogP contribution in [-0.2, 0) is 0 Å². The number of carboxylic acid groups (broad SMARTS) is 1. The first-order valence-electron chi connectivity index (χ1n) is 10.2. The Balaban J connectivity index is 1.53. The summed E-state index contributed by atoms with van der Waals surface area (Å²) in [7, 11) is 0. The zero-order valence-electron chi connectivity index (χ0n) is 17.6. The number of hydrogen-bond acceptors (Lipinski definition) is 6. The van der Waals surface area contributed by atoms with E-state index in [9.17, 15) is 9.18 Å². The van der Waals surface area contributed by atoms with Crippen molar-refractivity contribution < 1.29 is 19.0 Å². The number of amides is 1. The maximum atomic E-state index is 13.9. The van der Waals surface area contributed by atoms with Crippen LogP contribution in [0.15, 0.2) is 30.7 Å². The van der Waals surface area contributed by atoms with Crippen LogP contribution in [0.25, 0.3) is 11.3 Å². The molecule has 3 N–H and O–H groups in total. The van der Waals surface area contributed by atoms with Gasteiger partial charge in [-0.2, -0.15) is 5.10 Å². The van der Waals surface area contributed by atoms with Crippen LogP contribution >= 0.6 is 23.2 Å². The lowest BCUT2D eigenvalue weighted by Crippen LogP contribution is -2.38. The predicted molar refractivity (Wildman–Crippen MR) is 121 cm³/mol. The Bertz CT molecular complexity index is 1180. The first-order valence-corrected chi connectivity index (χ1v) is 10.9. The van der Waals surface area contributed by atoms with Crippen molar-refractivity contribution in [2.24, 2.45) is 0 Å². The second kappa shape index (κ2) is 9.40. The number of nitrogen functional groups attached to an aromatic ring is 1. The lowest BCUT2D eigenvalue weighted by molar-refractivity contribution is 0.124. The van der Waals surface area contributed by atoms with Crippen molar-refractivity contribution in [2.45, 2.75) is 31.9 Å². The number of hydrogen-bond donors (Lipinski definition) is 2. The van der Waals surface area contributed by atoms with Gasteiger partial charge in [0.05, 0.1) is 29.2 Å². The Kier molecular flexibility index (Phi) is 6.57. The Morgan fingerprint density at radius 2 is 2.03 bits per heavy atom. The van der Waals surface area contributed by atoms with Gasteiger partial charge in [-0.3, -0.25) is 4.68 Å². The molecule has 3 heterocycles. The van der Waals surface area contributed by atoms with Gasteiger partial charge < -0.3 is 20.5 Å². The third kappa shape index (κ3) is 4.81. The minimum atomic E-state index is -0.908. The summed E-state index contributed by atoms with van der Waals surface area (Å²) in [5.41, 5.74) is 7.41. The molecule has 1 atom stereocenters. The van der Waals surface area contributed by atoms with Crippen LogP contribution in [0.5, 0.6) is 5.88 Å². The molecule has 1 aromatic carbocycles. The third-order valence-electron chi connectivity index (χ3n) is 5.55. The van der Waals surface area contributed by atoms with Gasteiger partial charge in [0.2, 0.25) is 0 Å². The molecule has 9 nitrogen and oxygen atoms in total. The minimum absolute atomic E-state index is 0.0545. The molecule has 0 bridgehead atoms. The smallest absolute Gasteiger partial charge is 0.407 e. The number of aromatic nitrogens is 4. The van der Waals surface area contributed by atoms with E-state index in [1.807, 2.05) is 10.9 Å². The maximum Gasteiger partial charge on any atom is 0.407 e. The molecule has 0 unspecified atom stereocenters. The molecule has 12 heteroatoms. The van der Waals surface area contributed by atoms with Gasteiger partial charge >= 0.3 is 6.09 Å². The largest absolute Gasteiger partial charge is 0.467 e. The van der Waals surface area contributed by atoms with Crippen LogP contribution in [0.3, 0.4) is 0 Å². The number of ether oxygens (including phenoxy) is 1. The highest BCUT2D eigenvalue weighted by atomic mass is 35.5. The molecule has 1 aliphatic rings. The average molecular weight is 495 g/mol. The number of nitrogens with two attached hydrogens (primary N) is 1. The first-order chi connectivity index (χ1) is 15.7. The van der Waals surface area contributed by atoms with Crippen molar-refractivity contribution >= 4 is 35.1 Å². The first kappa shape index (κ1) is 23.1. The molecule has 1 aliphatic heterocycles. The van der Waals surface area contributed by atoms with Crippen molar-refractivity contribution in [1.82, 2.24) is 24.6 Å². The van der Waals surface area contributed by atoms with Gasteiger partial charge in [0, 0.05) is 35.4 Å². The average Bonchev–Trinajstić information content (AvgIpc) is 3.28. The number of halogens is 3. The van der Waals surface area contributed by atoms with E-state index in [1.165, 1.54) is 23.2 Å². The van der Waals surface area contributed by atoms with E-state index in [4.69, 9.17) is 38.8 Å². The topological polar surface area (TPSA) is 119 Å². The van der Waals surface area contributed by atoms with E-state index in [1.54, 1.807) is 13.1 Å². The molecule has 0 aliphatic carbocycles. The van der Waals surface area contributed by atoms with E-state index >= 15 is 0 Å². The number of piperidine rings is 1. The molecule has 1 fully saturated rings. The van der Waals surface area contributed by atoms with Crippen LogP contribution in [0.2, 0.25) is 10.0 Å². The summed E-state index contributed by atoms with van der Waals surface area (Å²) in [5.74, 6) is -0.498. The zero-order valence-corrected chi connectivity index (χ0v) is 19.1. The Morgan fingerprint density at radius 1 is 1.30 bits per heavy atom. The highest BCUT2D eigenvalue weighted by Crippen LogP contribution is 2.36. The summed E-state index contributed by atoms with van der Waals surface area (Å²) in [6.07, 6.45) is 4.67. The van der Waals surface area contributed by atoms with Crippen LogP contribution in [0.4, 0.5) is 15.0 Å². The van der Waals surface area contributed by atoms with Crippen LogP contribution < -0.4 is 10.5 Å². The van der Waals surface area contributed by atoms with Gasteiger partial charge in [0.1, 0.15) is 11.9 Å². The Hall–Kier alpha value is -3.11. The molecule has 0 radical (unpaired) electrons. The quantitative estimate of drug-likeness (QED) is 0.487. The van der Waals surface area contributed by atoms with Gasteiger partial charge in [0.25, 0.3) is 5.88 Å². The fourth-order valence-electron chi connectivity index (χ4n) is 3.74. The van der Waals surface area contributed by atoms with E-state index < -0.39 is 18.0 Å². The van der Waals surface area contributed by atoms with Crippen LogP contribution in [-0.4, -0.2) is 48.9 Å². The summed E-state index contributed by atoms with van der Waals surface area (Å²) >= 11 is 12.3. The lowest BCUT2D eigenvalue weighted by atomic mass is 10.1. The normalized spacial score (nSPS) is 15.5. The Morgan fingerprint density at radius 3 is 2.73 bits per heavy atom. The van der Waals surface area contributed by atoms with E-state index in [2.05, 4.69) is 15.1 Å². The molecular formula is C21H21Cl2FN6O3. The SMILES string of the molecule is C[C@@H](Oc1nc(-c2cnn(C3CCN(C(=O)O)CC3)c2)cnc1N)c1c(Cl)ccc(F)c1Cl. The second-order valence-electron chi connectivity index (χ2n) is 7.67. The van der Waals surface area contributed by atoms with Crippen LogP contribution in [0.1, 0.15) is 37.5 Å². The van der Waals surface area contributed by atoms with Crippen molar-refractivity contribution in [2.75, 3.05) is 18.8 Å². The summed E-state index contributed by atoms with van der Waals surface area (Å²) in [4.78, 5) is 21.1. The summed E-state index contributed by atoms with van der Waals surface area (Å²) < 4.78 is 21.6. The van der Waals surface area contributed by atoms with Gasteiger partial charge in [-0.25, -0.2) is 19.2 Å². The van der Waals surface area contributed by atoms with E-state index in [0.717, 1.165) is 0 Å². The van der Waals surface area contributed by atoms with Crippen molar-refractivity contribution in [1.29, 1.82) is 0 Å². The molecule has 0 spiro atoms. The fraction of sp³-hybridized carbons (Fsp3) is 0.333. The highest BCUT2D eigenvalue weighted by molar-refractivity contribution is 6.36. The molecule has 174 valence electrons. The number of likely N-dealkylation sites (tertiary alicyclic amines) is 1. The standard InChI is InChI=1S/C21H21Cl2FN6O3/c1-11(17-14(22)2-3-15(24)18(17)23)33-20-19(25)26-9-16(28-20)12-8-27-30(10-12)13-4-6-29(7-5-13)21(31)32/h2-3,8-11,13H,4-7H2,1H3,(H2,25,26)(H,31,32)/t11-/m1/s1. The number of benzene rings is 1. The molecule has 4 rings (SSSR count). The Labute approximate surface area is 198 Å².